The van der Waals surface area contributed by atoms with E-state index in [9.17, 15) is 9.59 Å². The van der Waals surface area contributed by atoms with Crippen molar-refractivity contribution in [1.82, 2.24) is 20.5 Å². The molecule has 1 fully saturated rings. The van der Waals surface area contributed by atoms with Crippen LogP contribution in [0.25, 0.3) is 0 Å². The molecular weight excluding hydrogens is 544 g/mol. The van der Waals surface area contributed by atoms with Crippen molar-refractivity contribution in [3.05, 3.63) is 65.4 Å². The molecule has 2 aliphatic rings. The minimum absolute atomic E-state index is 0.0409. The predicted molar refractivity (Wildman–Crippen MR) is 167 cm³/mol. The molecule has 1 aromatic heterocycles. The number of ether oxygens (including phenoxy) is 1. The molecule has 11 nitrogen and oxygen atoms in total. The topological polar surface area (TPSA) is 148 Å². The maximum Gasteiger partial charge on any atom is 0.273 e. The Balaban J connectivity index is 1.28. The van der Waals surface area contributed by atoms with Crippen LogP contribution in [0.15, 0.2) is 53.5 Å². The molecule has 3 aromatic rings. The first-order chi connectivity index (χ1) is 20.8. The van der Waals surface area contributed by atoms with Gasteiger partial charge in [0.1, 0.15) is 5.75 Å². The summed E-state index contributed by atoms with van der Waals surface area (Å²) in [6.07, 6.45) is 3.95. The Morgan fingerprint density at radius 2 is 1.79 bits per heavy atom. The largest absolute Gasteiger partial charge is 0.494 e. The third kappa shape index (κ3) is 7.28. The number of anilines is 3. The number of nitrogens with one attached hydrogen (secondary N) is 2. The number of carbonyl (C=O) groups excluding carboxylic acids is 2. The number of amides is 2. The molecule has 0 spiro atoms. The van der Waals surface area contributed by atoms with Gasteiger partial charge in [-0.25, -0.2) is 0 Å². The monoisotopic (exact) mass is 584 g/mol. The van der Waals surface area contributed by atoms with E-state index in [1.807, 2.05) is 36.1 Å². The van der Waals surface area contributed by atoms with Crippen LogP contribution in [0.5, 0.6) is 5.75 Å². The fourth-order valence-electron chi connectivity index (χ4n) is 5.61. The fraction of sp³-hybridized carbons (Fsp3) is 0.438. The van der Waals surface area contributed by atoms with Gasteiger partial charge in [-0.05, 0) is 80.5 Å². The predicted octanol–water partition coefficient (Wildman–Crippen LogP) is 4.37. The average Bonchev–Trinajstić information content (AvgIpc) is 3.18. The SMILES string of the molecule is CCOc1ccc(C(=O)NC2CCCN(c3nnc(C(N)=O)c(Nc4ccc(C5=NCCCC(C)C5C)cc4)n3)C2)cc1. The molecule has 2 aliphatic heterocycles. The summed E-state index contributed by atoms with van der Waals surface area (Å²) in [6.45, 7) is 9.07. The van der Waals surface area contributed by atoms with E-state index in [2.05, 4.69) is 39.7 Å². The number of aliphatic imine (C=N–C) groups is 1. The van der Waals surface area contributed by atoms with Crippen LogP contribution in [0.1, 0.15) is 72.9 Å². The number of primary amides is 1. The van der Waals surface area contributed by atoms with Crippen molar-refractivity contribution in [3.8, 4) is 5.75 Å². The minimum atomic E-state index is -0.722. The third-order valence-corrected chi connectivity index (χ3v) is 8.20. The van der Waals surface area contributed by atoms with E-state index in [1.54, 1.807) is 24.3 Å². The Morgan fingerprint density at radius 1 is 1.02 bits per heavy atom. The van der Waals surface area contributed by atoms with E-state index < -0.39 is 5.91 Å². The van der Waals surface area contributed by atoms with E-state index in [4.69, 9.17) is 15.5 Å². The lowest BCUT2D eigenvalue weighted by atomic mass is 9.86. The summed E-state index contributed by atoms with van der Waals surface area (Å²) in [6, 6.07) is 15.0. The van der Waals surface area contributed by atoms with Gasteiger partial charge in [-0.15, -0.1) is 10.2 Å². The van der Waals surface area contributed by atoms with E-state index in [1.165, 1.54) is 6.42 Å². The second kappa shape index (κ2) is 13.6. The van der Waals surface area contributed by atoms with Crippen LogP contribution in [-0.2, 0) is 0 Å². The van der Waals surface area contributed by atoms with Crippen molar-refractivity contribution in [2.45, 2.75) is 52.5 Å². The van der Waals surface area contributed by atoms with Crippen molar-refractivity contribution in [2.24, 2.45) is 22.6 Å². The standard InChI is InChI=1S/C32H40N8O3/c1-4-43-26-15-11-23(12-16-26)31(42)36-25-8-6-18-40(19-25)32-37-30(28(29(33)41)38-39-32)35-24-13-9-22(10-14-24)27-21(3)20(2)7-5-17-34-27/h9-16,20-21,25H,4-8,17-19H2,1-3H3,(H2,33,41)(H,36,42)(H,35,37,39). The summed E-state index contributed by atoms with van der Waals surface area (Å²) in [4.78, 5) is 36.5. The van der Waals surface area contributed by atoms with Crippen LogP contribution in [-0.4, -0.2) is 65.0 Å². The lowest BCUT2D eigenvalue weighted by Crippen LogP contribution is -2.48. The van der Waals surface area contributed by atoms with Gasteiger partial charge in [-0.3, -0.25) is 14.6 Å². The number of benzene rings is 2. The zero-order valence-corrected chi connectivity index (χ0v) is 25.0. The number of hydrogen-bond acceptors (Lipinski definition) is 9. The average molecular weight is 585 g/mol. The molecule has 0 bridgehead atoms. The van der Waals surface area contributed by atoms with Gasteiger partial charge in [-0.1, -0.05) is 26.0 Å². The lowest BCUT2D eigenvalue weighted by Gasteiger charge is -2.33. The maximum atomic E-state index is 12.9. The molecule has 2 amide bonds. The molecule has 3 atom stereocenters. The zero-order chi connectivity index (χ0) is 30.3. The van der Waals surface area contributed by atoms with Crippen molar-refractivity contribution < 1.29 is 14.3 Å². The molecule has 0 aliphatic carbocycles. The highest BCUT2D eigenvalue weighted by atomic mass is 16.5. The summed E-state index contributed by atoms with van der Waals surface area (Å²) in [7, 11) is 0. The number of nitrogens with two attached hydrogens (primary N) is 1. The first-order valence-corrected chi connectivity index (χ1v) is 15.1. The summed E-state index contributed by atoms with van der Waals surface area (Å²) in [5.41, 5.74) is 9.11. The summed E-state index contributed by atoms with van der Waals surface area (Å²) in [5, 5.41) is 14.7. The Labute approximate surface area is 252 Å². The molecular formula is C32H40N8O3. The molecule has 2 aromatic carbocycles. The molecule has 11 heteroatoms. The van der Waals surface area contributed by atoms with Gasteiger partial charge in [0.15, 0.2) is 11.5 Å². The Bertz CT molecular complexity index is 1460. The van der Waals surface area contributed by atoms with Crippen LogP contribution < -0.4 is 26.0 Å². The molecule has 43 heavy (non-hydrogen) atoms. The van der Waals surface area contributed by atoms with Gasteiger partial charge in [0.2, 0.25) is 5.95 Å². The number of aromatic nitrogens is 3. The van der Waals surface area contributed by atoms with Gasteiger partial charge in [-0.2, -0.15) is 4.98 Å². The molecule has 3 unspecified atom stereocenters. The number of carbonyl (C=O) groups is 2. The Kier molecular flexibility index (Phi) is 9.48. The van der Waals surface area contributed by atoms with Crippen LogP contribution in [0.2, 0.25) is 0 Å². The molecule has 1 saturated heterocycles. The number of piperidine rings is 1. The van der Waals surface area contributed by atoms with Crippen LogP contribution in [0.4, 0.5) is 17.5 Å². The fourth-order valence-corrected chi connectivity index (χ4v) is 5.61. The minimum Gasteiger partial charge on any atom is -0.494 e. The molecule has 4 N–H and O–H groups in total. The summed E-state index contributed by atoms with van der Waals surface area (Å²) < 4.78 is 5.47. The van der Waals surface area contributed by atoms with E-state index in [0.29, 0.717) is 43.0 Å². The zero-order valence-electron chi connectivity index (χ0n) is 25.0. The van der Waals surface area contributed by atoms with Crippen LogP contribution in [0.3, 0.4) is 0 Å². The first kappa shape index (κ1) is 29.9. The third-order valence-electron chi connectivity index (χ3n) is 8.20. The van der Waals surface area contributed by atoms with Gasteiger partial charge in [0.05, 0.1) is 6.61 Å². The number of hydrogen-bond donors (Lipinski definition) is 3. The van der Waals surface area contributed by atoms with Gasteiger partial charge < -0.3 is 26.0 Å². The van der Waals surface area contributed by atoms with Crippen LogP contribution in [0, 0.1) is 11.8 Å². The van der Waals surface area contributed by atoms with Crippen LogP contribution >= 0.6 is 0 Å². The summed E-state index contributed by atoms with van der Waals surface area (Å²) in [5.74, 6) is 1.42. The summed E-state index contributed by atoms with van der Waals surface area (Å²) >= 11 is 0. The first-order valence-electron chi connectivity index (χ1n) is 15.1. The van der Waals surface area contributed by atoms with E-state index >= 15 is 0 Å². The molecule has 226 valence electrons. The second-order valence-corrected chi connectivity index (χ2v) is 11.3. The highest BCUT2D eigenvalue weighted by Gasteiger charge is 2.26. The molecule has 0 radical (unpaired) electrons. The molecule has 3 heterocycles. The number of rotatable bonds is 9. The molecule has 0 saturated carbocycles. The quantitative estimate of drug-likeness (QED) is 0.336. The smallest absolute Gasteiger partial charge is 0.273 e. The van der Waals surface area contributed by atoms with E-state index in [-0.39, 0.29) is 23.5 Å². The van der Waals surface area contributed by atoms with Crippen molar-refractivity contribution >= 4 is 35.0 Å². The highest BCUT2D eigenvalue weighted by molar-refractivity contribution is 6.02. The molecule has 5 rings (SSSR count). The Morgan fingerprint density at radius 3 is 2.51 bits per heavy atom. The van der Waals surface area contributed by atoms with Gasteiger partial charge in [0.25, 0.3) is 11.8 Å². The number of nitrogens with zero attached hydrogens (tertiary/aromatic N) is 5. The van der Waals surface area contributed by atoms with Crippen molar-refractivity contribution in [1.29, 1.82) is 0 Å². The van der Waals surface area contributed by atoms with E-state index in [0.717, 1.165) is 48.5 Å². The maximum absolute atomic E-state index is 12.9. The van der Waals surface area contributed by atoms with Gasteiger partial charge in [0, 0.05) is 48.6 Å². The highest BCUT2D eigenvalue weighted by Crippen LogP contribution is 2.27. The second-order valence-electron chi connectivity index (χ2n) is 11.3. The van der Waals surface area contributed by atoms with Crippen molar-refractivity contribution in [2.75, 3.05) is 36.5 Å². The van der Waals surface area contributed by atoms with Gasteiger partial charge >= 0.3 is 0 Å². The normalized spacial score (nSPS) is 20.5. The Hall–Kier alpha value is -4.54. The lowest BCUT2D eigenvalue weighted by molar-refractivity contribution is 0.0931. The van der Waals surface area contributed by atoms with Crippen molar-refractivity contribution in [3.63, 3.8) is 0 Å².